The molecule has 5 nitrogen and oxygen atoms in total. The van der Waals surface area contributed by atoms with E-state index in [-0.39, 0.29) is 5.91 Å². The number of unbranched alkanes of at least 4 members (excludes halogenated alkanes) is 1. The van der Waals surface area contributed by atoms with Gasteiger partial charge in [0.2, 0.25) is 5.91 Å². The highest BCUT2D eigenvalue weighted by Crippen LogP contribution is 2.18. The van der Waals surface area contributed by atoms with E-state index in [1.165, 1.54) is 6.42 Å². The Hall–Kier alpha value is -2.82. The molecule has 0 fully saturated rings. The molecule has 0 saturated carbocycles. The number of primary amides is 1. The van der Waals surface area contributed by atoms with Gasteiger partial charge in [0.05, 0.1) is 0 Å². The zero-order valence-electron chi connectivity index (χ0n) is 15.4. The molecule has 0 aromatic heterocycles. The monoisotopic (exact) mass is 353 g/mol. The summed E-state index contributed by atoms with van der Waals surface area (Å²) in [5.74, 6) is 0.177. The van der Waals surface area contributed by atoms with Crippen LogP contribution in [-0.2, 0) is 0 Å². The van der Waals surface area contributed by atoms with E-state index < -0.39 is 5.91 Å². The van der Waals surface area contributed by atoms with Crippen LogP contribution in [0.2, 0.25) is 0 Å². The van der Waals surface area contributed by atoms with Gasteiger partial charge in [0, 0.05) is 29.0 Å². The van der Waals surface area contributed by atoms with E-state index in [4.69, 9.17) is 5.73 Å². The van der Waals surface area contributed by atoms with Crippen molar-refractivity contribution in [3.05, 3.63) is 59.7 Å². The zero-order valence-corrected chi connectivity index (χ0v) is 15.4. The first kappa shape index (κ1) is 19.5. The zero-order chi connectivity index (χ0) is 18.9. The first-order valence-corrected chi connectivity index (χ1v) is 9.01. The van der Waals surface area contributed by atoms with Crippen LogP contribution in [0.4, 0.5) is 11.4 Å². The first-order valence-electron chi connectivity index (χ1n) is 9.01. The maximum Gasteiger partial charge on any atom is 0.251 e. The molecule has 0 atom stereocenters. The maximum atomic E-state index is 12.3. The molecule has 4 N–H and O–H groups in total. The van der Waals surface area contributed by atoms with Crippen molar-refractivity contribution in [1.29, 1.82) is 0 Å². The van der Waals surface area contributed by atoms with E-state index in [2.05, 4.69) is 24.5 Å². The van der Waals surface area contributed by atoms with Gasteiger partial charge in [-0.25, -0.2) is 0 Å². The van der Waals surface area contributed by atoms with Crippen molar-refractivity contribution >= 4 is 23.2 Å². The second kappa shape index (κ2) is 9.61. The van der Waals surface area contributed by atoms with Gasteiger partial charge in [0.15, 0.2) is 0 Å². The molecule has 0 saturated heterocycles. The highest BCUT2D eigenvalue weighted by molar-refractivity contribution is 5.95. The molecule has 0 heterocycles. The van der Waals surface area contributed by atoms with E-state index in [0.717, 1.165) is 24.2 Å². The fourth-order valence-corrected chi connectivity index (χ4v) is 2.60. The minimum absolute atomic E-state index is 0.0673. The van der Waals surface area contributed by atoms with Crippen molar-refractivity contribution in [2.24, 2.45) is 11.7 Å². The fourth-order valence-electron chi connectivity index (χ4n) is 2.60. The van der Waals surface area contributed by atoms with Gasteiger partial charge in [0.25, 0.3) is 5.91 Å². The van der Waals surface area contributed by atoms with E-state index in [0.29, 0.717) is 23.6 Å². The maximum absolute atomic E-state index is 12.3. The van der Waals surface area contributed by atoms with Crippen molar-refractivity contribution < 1.29 is 9.59 Å². The number of nitrogens with one attached hydrogen (secondary N) is 2. The highest BCUT2D eigenvalue weighted by Gasteiger charge is 2.06. The third-order valence-electron chi connectivity index (χ3n) is 4.08. The topological polar surface area (TPSA) is 84.2 Å². The van der Waals surface area contributed by atoms with Gasteiger partial charge in [-0.05, 0) is 54.8 Å². The van der Waals surface area contributed by atoms with Gasteiger partial charge in [-0.3, -0.25) is 9.59 Å². The van der Waals surface area contributed by atoms with Gasteiger partial charge >= 0.3 is 0 Å². The summed E-state index contributed by atoms with van der Waals surface area (Å²) in [6.45, 7) is 5.11. The molecule has 2 aromatic rings. The van der Waals surface area contributed by atoms with Gasteiger partial charge in [0.1, 0.15) is 0 Å². The summed E-state index contributed by atoms with van der Waals surface area (Å²) in [5.41, 5.74) is 7.95. The average molecular weight is 353 g/mol. The number of benzene rings is 2. The van der Waals surface area contributed by atoms with Crippen LogP contribution in [0.5, 0.6) is 0 Å². The molecule has 0 unspecified atom stereocenters. The fraction of sp³-hybridized carbons (Fsp3) is 0.333. The summed E-state index contributed by atoms with van der Waals surface area (Å²) in [7, 11) is 0. The second-order valence-electron chi connectivity index (χ2n) is 6.79. The van der Waals surface area contributed by atoms with Crippen LogP contribution < -0.4 is 16.4 Å². The lowest BCUT2D eigenvalue weighted by Gasteiger charge is -2.10. The Balaban J connectivity index is 1.90. The van der Waals surface area contributed by atoms with Crippen LogP contribution >= 0.6 is 0 Å². The Bertz CT molecular complexity index is 739. The van der Waals surface area contributed by atoms with Crippen LogP contribution in [0, 0.1) is 5.92 Å². The molecule has 2 aromatic carbocycles. The smallest absolute Gasteiger partial charge is 0.251 e. The van der Waals surface area contributed by atoms with Crippen LogP contribution in [0.25, 0.3) is 0 Å². The van der Waals surface area contributed by atoms with Crippen molar-refractivity contribution in [2.75, 3.05) is 11.9 Å². The normalized spacial score (nSPS) is 10.6. The summed E-state index contributed by atoms with van der Waals surface area (Å²) in [4.78, 5) is 23.4. The van der Waals surface area contributed by atoms with E-state index >= 15 is 0 Å². The molecule has 0 aliphatic carbocycles. The average Bonchev–Trinajstić information content (AvgIpc) is 2.61. The van der Waals surface area contributed by atoms with Crippen LogP contribution in [0.1, 0.15) is 53.8 Å². The number of rotatable bonds is 9. The van der Waals surface area contributed by atoms with Crippen LogP contribution in [0.3, 0.4) is 0 Å². The van der Waals surface area contributed by atoms with Crippen molar-refractivity contribution in [1.82, 2.24) is 5.32 Å². The molecule has 2 amide bonds. The summed E-state index contributed by atoms with van der Waals surface area (Å²) in [5, 5.41) is 6.19. The number of carbonyl (C=O) groups excluding carboxylic acids is 2. The Morgan fingerprint density at radius 3 is 2.35 bits per heavy atom. The van der Waals surface area contributed by atoms with E-state index in [9.17, 15) is 9.59 Å². The van der Waals surface area contributed by atoms with Gasteiger partial charge in [-0.15, -0.1) is 0 Å². The number of carbonyl (C=O) groups is 2. The molecular weight excluding hydrogens is 326 g/mol. The Morgan fingerprint density at radius 1 is 0.962 bits per heavy atom. The third kappa shape index (κ3) is 6.24. The quantitative estimate of drug-likeness (QED) is 0.594. The molecule has 0 spiro atoms. The Kier molecular flexibility index (Phi) is 7.21. The largest absolute Gasteiger partial charge is 0.366 e. The molecule has 0 aliphatic heterocycles. The Morgan fingerprint density at radius 2 is 1.69 bits per heavy atom. The summed E-state index contributed by atoms with van der Waals surface area (Å²) in [6.07, 6.45) is 3.30. The lowest BCUT2D eigenvalue weighted by Crippen LogP contribution is -2.24. The minimum atomic E-state index is -0.455. The molecule has 0 bridgehead atoms. The van der Waals surface area contributed by atoms with Crippen LogP contribution in [-0.4, -0.2) is 18.4 Å². The molecule has 0 radical (unpaired) electrons. The number of anilines is 2. The molecule has 2 rings (SSSR count). The number of amides is 2. The van der Waals surface area contributed by atoms with Gasteiger partial charge in [-0.2, -0.15) is 0 Å². The van der Waals surface area contributed by atoms with E-state index in [1.807, 2.05) is 18.2 Å². The predicted molar refractivity (Wildman–Crippen MR) is 106 cm³/mol. The number of hydrogen-bond donors (Lipinski definition) is 3. The summed E-state index contributed by atoms with van der Waals surface area (Å²) in [6, 6.07) is 14.2. The van der Waals surface area contributed by atoms with Crippen molar-refractivity contribution in [3.63, 3.8) is 0 Å². The molecule has 138 valence electrons. The Labute approximate surface area is 155 Å². The molecule has 26 heavy (non-hydrogen) atoms. The van der Waals surface area contributed by atoms with Crippen molar-refractivity contribution in [3.8, 4) is 0 Å². The van der Waals surface area contributed by atoms with E-state index in [1.54, 1.807) is 30.3 Å². The standard InChI is InChI=1S/C21H27N3O2/c1-15(2)6-3-4-13-23-21(26)17-7-5-8-19(14-17)24-18-11-9-16(10-12-18)20(22)25/h5,7-12,14-15,24H,3-4,6,13H2,1-2H3,(H2,22,25)(H,23,26). The van der Waals surface area contributed by atoms with Crippen LogP contribution in [0.15, 0.2) is 48.5 Å². The lowest BCUT2D eigenvalue weighted by atomic mass is 10.1. The third-order valence-corrected chi connectivity index (χ3v) is 4.08. The minimum Gasteiger partial charge on any atom is -0.366 e. The van der Waals surface area contributed by atoms with Crippen molar-refractivity contribution in [2.45, 2.75) is 33.1 Å². The molecule has 5 heteroatoms. The van der Waals surface area contributed by atoms with Gasteiger partial charge < -0.3 is 16.4 Å². The lowest BCUT2D eigenvalue weighted by molar-refractivity contribution is 0.0951. The first-order chi connectivity index (χ1) is 12.5. The number of hydrogen-bond acceptors (Lipinski definition) is 3. The summed E-state index contributed by atoms with van der Waals surface area (Å²) >= 11 is 0. The second-order valence-corrected chi connectivity index (χ2v) is 6.79. The predicted octanol–water partition coefficient (Wildman–Crippen LogP) is 4.09. The molecule has 0 aliphatic rings. The molecular formula is C21H27N3O2. The number of nitrogens with two attached hydrogens (primary N) is 1. The summed E-state index contributed by atoms with van der Waals surface area (Å²) < 4.78 is 0. The van der Waals surface area contributed by atoms with Gasteiger partial charge in [-0.1, -0.05) is 32.8 Å². The highest BCUT2D eigenvalue weighted by atomic mass is 16.2. The SMILES string of the molecule is CC(C)CCCCNC(=O)c1cccc(Nc2ccc(C(N)=O)cc2)c1.